The van der Waals surface area contributed by atoms with Crippen LogP contribution in [0.15, 0.2) is 28.7 Å². The van der Waals surface area contributed by atoms with Crippen LogP contribution in [0.4, 0.5) is 4.39 Å². The van der Waals surface area contributed by atoms with E-state index >= 15 is 0 Å². The molecule has 0 aliphatic heterocycles. The lowest BCUT2D eigenvalue weighted by Crippen LogP contribution is -2.12. The van der Waals surface area contributed by atoms with Gasteiger partial charge in [0.25, 0.3) is 0 Å². The maximum absolute atomic E-state index is 13.9. The maximum atomic E-state index is 13.9. The van der Waals surface area contributed by atoms with Gasteiger partial charge in [-0.1, -0.05) is 17.7 Å². The van der Waals surface area contributed by atoms with Gasteiger partial charge in [-0.25, -0.2) is 4.39 Å². The minimum absolute atomic E-state index is 0.387. The molecule has 0 aliphatic carbocycles. The maximum Gasteiger partial charge on any atom is 0.132 e. The molecule has 2 aromatic rings. The van der Waals surface area contributed by atoms with Crippen molar-refractivity contribution in [2.75, 3.05) is 7.11 Å². The average molecular weight is 351 g/mol. The number of halogens is 3. The van der Waals surface area contributed by atoms with E-state index in [1.165, 1.54) is 24.5 Å². The summed E-state index contributed by atoms with van der Waals surface area (Å²) in [5.74, 6) is 0.0799. The zero-order chi connectivity index (χ0) is 13.3. The Kier molecular flexibility index (Phi) is 4.27. The molecule has 0 bridgehead atoms. The van der Waals surface area contributed by atoms with Crippen molar-refractivity contribution in [2.45, 2.75) is 6.04 Å². The van der Waals surface area contributed by atoms with Gasteiger partial charge in [-0.05, 0) is 28.1 Å². The van der Waals surface area contributed by atoms with Gasteiger partial charge in [-0.15, -0.1) is 11.3 Å². The van der Waals surface area contributed by atoms with E-state index in [9.17, 15) is 4.39 Å². The second-order valence-electron chi connectivity index (χ2n) is 3.64. The van der Waals surface area contributed by atoms with Crippen LogP contribution in [0.1, 0.15) is 16.5 Å². The topological polar surface area (TPSA) is 35.2 Å². The first-order valence-corrected chi connectivity index (χ1v) is 7.05. The van der Waals surface area contributed by atoms with E-state index in [1.54, 1.807) is 18.2 Å². The highest BCUT2D eigenvalue weighted by atomic mass is 79.9. The SMILES string of the molecule is COc1ccc(C(N)c2cc(Br)c(Cl)s2)c(F)c1. The van der Waals surface area contributed by atoms with Crippen LogP contribution in [0.5, 0.6) is 5.75 Å². The van der Waals surface area contributed by atoms with Gasteiger partial charge >= 0.3 is 0 Å². The van der Waals surface area contributed by atoms with E-state index in [1.807, 2.05) is 0 Å². The second kappa shape index (κ2) is 5.57. The Morgan fingerprint density at radius 1 is 1.44 bits per heavy atom. The Labute approximate surface area is 122 Å². The first kappa shape index (κ1) is 13.8. The van der Waals surface area contributed by atoms with Crippen molar-refractivity contribution >= 4 is 38.9 Å². The molecule has 0 radical (unpaired) electrons. The summed E-state index contributed by atoms with van der Waals surface area (Å²) in [6.07, 6.45) is 0. The predicted molar refractivity (Wildman–Crippen MR) is 76.0 cm³/mol. The van der Waals surface area contributed by atoms with Gasteiger partial charge in [0, 0.05) is 21.0 Å². The zero-order valence-electron chi connectivity index (χ0n) is 9.41. The van der Waals surface area contributed by atoms with Crippen molar-refractivity contribution in [3.8, 4) is 5.75 Å². The van der Waals surface area contributed by atoms with Crippen LogP contribution in [0, 0.1) is 5.82 Å². The third-order valence-electron chi connectivity index (χ3n) is 2.51. The van der Waals surface area contributed by atoms with Gasteiger partial charge in [-0.3, -0.25) is 0 Å². The molecule has 1 aromatic heterocycles. The molecule has 0 spiro atoms. The minimum Gasteiger partial charge on any atom is -0.497 e. The average Bonchev–Trinajstić information content (AvgIpc) is 2.68. The van der Waals surface area contributed by atoms with Crippen LogP contribution >= 0.6 is 38.9 Å². The highest BCUT2D eigenvalue weighted by molar-refractivity contribution is 9.10. The molecule has 0 saturated heterocycles. The minimum atomic E-state index is -0.537. The van der Waals surface area contributed by atoms with Crippen LogP contribution in [0.2, 0.25) is 4.34 Å². The summed E-state index contributed by atoms with van der Waals surface area (Å²) in [7, 11) is 1.49. The Morgan fingerprint density at radius 2 is 2.17 bits per heavy atom. The molecule has 1 atom stereocenters. The zero-order valence-corrected chi connectivity index (χ0v) is 12.6. The van der Waals surface area contributed by atoms with Gasteiger partial charge in [-0.2, -0.15) is 0 Å². The van der Waals surface area contributed by atoms with E-state index in [0.29, 0.717) is 15.6 Å². The van der Waals surface area contributed by atoms with Gasteiger partial charge in [0.1, 0.15) is 15.9 Å². The molecule has 1 aromatic carbocycles. The van der Waals surface area contributed by atoms with Crippen LogP contribution in [-0.4, -0.2) is 7.11 Å². The molecule has 2 rings (SSSR count). The monoisotopic (exact) mass is 349 g/mol. The van der Waals surface area contributed by atoms with E-state index < -0.39 is 6.04 Å². The number of nitrogens with two attached hydrogens (primary N) is 1. The fourth-order valence-corrected chi connectivity index (χ4v) is 3.31. The third kappa shape index (κ3) is 2.69. The molecular formula is C12H10BrClFNOS. The predicted octanol–water partition coefficient (Wildman–Crippen LogP) is 4.36. The van der Waals surface area contributed by atoms with Crippen molar-refractivity contribution in [3.05, 3.63) is 49.3 Å². The Morgan fingerprint density at radius 3 is 2.67 bits per heavy atom. The number of rotatable bonds is 3. The Bertz CT molecular complexity index is 556. The number of methoxy groups -OCH3 is 1. The van der Waals surface area contributed by atoms with Crippen molar-refractivity contribution in [3.63, 3.8) is 0 Å². The largest absolute Gasteiger partial charge is 0.497 e. The standard InChI is InChI=1S/C12H10BrClFNOS/c1-17-6-2-3-7(9(15)4-6)11(16)10-5-8(13)12(14)18-10/h2-5,11H,16H2,1H3. The lowest BCUT2D eigenvalue weighted by Gasteiger charge is -2.12. The van der Waals surface area contributed by atoms with Gasteiger partial charge in [0.15, 0.2) is 0 Å². The molecule has 1 heterocycles. The van der Waals surface area contributed by atoms with E-state index in [2.05, 4.69) is 15.9 Å². The molecule has 96 valence electrons. The van der Waals surface area contributed by atoms with Crippen molar-refractivity contribution < 1.29 is 9.13 Å². The first-order valence-electron chi connectivity index (χ1n) is 5.06. The van der Waals surface area contributed by atoms with Crippen molar-refractivity contribution in [2.24, 2.45) is 5.73 Å². The molecule has 18 heavy (non-hydrogen) atoms. The Hall–Kier alpha value is -0.620. The lowest BCUT2D eigenvalue weighted by molar-refractivity contribution is 0.410. The fourth-order valence-electron chi connectivity index (χ4n) is 1.56. The number of hydrogen-bond donors (Lipinski definition) is 1. The van der Waals surface area contributed by atoms with Gasteiger partial charge in [0.2, 0.25) is 0 Å². The molecule has 0 fully saturated rings. The van der Waals surface area contributed by atoms with E-state index in [-0.39, 0.29) is 5.82 Å². The van der Waals surface area contributed by atoms with E-state index in [0.717, 1.165) is 9.35 Å². The summed E-state index contributed by atoms with van der Waals surface area (Å²) < 4.78 is 20.2. The van der Waals surface area contributed by atoms with Crippen LogP contribution in [0.3, 0.4) is 0 Å². The molecule has 0 aliphatic rings. The first-order chi connectivity index (χ1) is 8.52. The van der Waals surface area contributed by atoms with Crippen LogP contribution in [-0.2, 0) is 0 Å². The van der Waals surface area contributed by atoms with Gasteiger partial charge < -0.3 is 10.5 Å². The highest BCUT2D eigenvalue weighted by Crippen LogP contribution is 2.37. The van der Waals surface area contributed by atoms with Crippen LogP contribution < -0.4 is 10.5 Å². The number of benzene rings is 1. The molecule has 6 heteroatoms. The summed E-state index contributed by atoms with van der Waals surface area (Å²) >= 11 is 10.6. The summed E-state index contributed by atoms with van der Waals surface area (Å²) in [5, 5.41) is 0. The normalized spacial score (nSPS) is 12.5. The van der Waals surface area contributed by atoms with E-state index in [4.69, 9.17) is 22.1 Å². The van der Waals surface area contributed by atoms with Crippen molar-refractivity contribution in [1.82, 2.24) is 0 Å². The van der Waals surface area contributed by atoms with Crippen molar-refractivity contribution in [1.29, 1.82) is 0 Å². The molecule has 1 unspecified atom stereocenters. The summed E-state index contributed by atoms with van der Waals surface area (Å²) in [5.41, 5.74) is 6.46. The summed E-state index contributed by atoms with van der Waals surface area (Å²) in [6, 6.07) is 5.90. The second-order valence-corrected chi connectivity index (χ2v) is 6.18. The molecule has 2 nitrogen and oxygen atoms in total. The highest BCUT2D eigenvalue weighted by Gasteiger charge is 2.17. The molecular weight excluding hydrogens is 341 g/mol. The summed E-state index contributed by atoms with van der Waals surface area (Å²) in [4.78, 5) is 0.802. The summed E-state index contributed by atoms with van der Waals surface area (Å²) in [6.45, 7) is 0. The fraction of sp³-hybridized carbons (Fsp3) is 0.167. The van der Waals surface area contributed by atoms with Gasteiger partial charge in [0.05, 0.1) is 13.2 Å². The quantitative estimate of drug-likeness (QED) is 0.892. The number of hydrogen-bond acceptors (Lipinski definition) is 3. The smallest absolute Gasteiger partial charge is 0.132 e. The molecule has 0 amide bonds. The van der Waals surface area contributed by atoms with Crippen LogP contribution in [0.25, 0.3) is 0 Å². The molecule has 0 saturated carbocycles. The Balaban J connectivity index is 2.36. The lowest BCUT2D eigenvalue weighted by atomic mass is 10.1. The number of ether oxygens (including phenoxy) is 1. The third-order valence-corrected chi connectivity index (χ3v) is 5.07. The molecule has 2 N–H and O–H groups in total. The number of thiophene rings is 1.